The number of hydrogen-bond donors (Lipinski definition) is 0. The first-order valence-electron chi connectivity index (χ1n) is 3.45. The summed E-state index contributed by atoms with van der Waals surface area (Å²) in [5.41, 5.74) is 0.379. The molecule has 1 aromatic heterocycles. The van der Waals surface area contributed by atoms with Gasteiger partial charge in [0, 0.05) is 16.9 Å². The molecule has 0 radical (unpaired) electrons. The Hall–Kier alpha value is -1.34. The van der Waals surface area contributed by atoms with Gasteiger partial charge in [-0.3, -0.25) is 4.98 Å². The van der Waals surface area contributed by atoms with Gasteiger partial charge in [0.05, 0.1) is 5.56 Å². The lowest BCUT2D eigenvalue weighted by molar-refractivity contribution is 0.0556. The van der Waals surface area contributed by atoms with Gasteiger partial charge in [-0.05, 0) is 22.0 Å². The molecule has 1 heterocycles. The first-order valence-corrected chi connectivity index (χ1v) is 4.24. The Morgan fingerprint density at radius 1 is 1.69 bits per heavy atom. The SMILES string of the molecule is C#CCOC(=O)c1cncc(Br)c1. The van der Waals surface area contributed by atoms with E-state index in [-0.39, 0.29) is 6.61 Å². The van der Waals surface area contributed by atoms with Crippen LogP contribution < -0.4 is 0 Å². The van der Waals surface area contributed by atoms with Crippen molar-refractivity contribution in [3.63, 3.8) is 0 Å². The average molecular weight is 240 g/mol. The highest BCUT2D eigenvalue weighted by Crippen LogP contribution is 2.10. The number of ether oxygens (including phenoxy) is 1. The van der Waals surface area contributed by atoms with E-state index in [0.29, 0.717) is 5.56 Å². The molecule has 0 atom stereocenters. The molecule has 0 unspecified atom stereocenters. The lowest BCUT2D eigenvalue weighted by Crippen LogP contribution is -2.05. The zero-order valence-electron chi connectivity index (χ0n) is 6.66. The second kappa shape index (κ2) is 4.63. The number of esters is 1. The minimum Gasteiger partial charge on any atom is -0.449 e. The van der Waals surface area contributed by atoms with Crippen molar-refractivity contribution in [3.05, 3.63) is 28.5 Å². The summed E-state index contributed by atoms with van der Waals surface area (Å²) in [6.45, 7) is -0.0225. The highest BCUT2D eigenvalue weighted by Gasteiger charge is 2.06. The standard InChI is InChI=1S/C9H6BrNO2/c1-2-3-13-9(12)7-4-8(10)6-11-5-7/h1,4-6H,3H2. The molecule has 0 aliphatic carbocycles. The van der Waals surface area contributed by atoms with E-state index in [1.807, 2.05) is 0 Å². The maximum Gasteiger partial charge on any atom is 0.340 e. The molecule has 0 spiro atoms. The number of carbonyl (C=O) groups excluding carboxylic acids is 1. The average Bonchev–Trinajstić information content (AvgIpc) is 2.14. The lowest BCUT2D eigenvalue weighted by Gasteiger charge is -1.99. The third-order valence-electron chi connectivity index (χ3n) is 1.23. The summed E-state index contributed by atoms with van der Waals surface area (Å²) in [5.74, 6) is 1.74. The van der Waals surface area contributed by atoms with Gasteiger partial charge >= 0.3 is 5.97 Å². The van der Waals surface area contributed by atoms with Crippen molar-refractivity contribution in [2.75, 3.05) is 6.61 Å². The highest BCUT2D eigenvalue weighted by atomic mass is 79.9. The van der Waals surface area contributed by atoms with Crippen molar-refractivity contribution in [2.24, 2.45) is 0 Å². The van der Waals surface area contributed by atoms with Gasteiger partial charge in [-0.25, -0.2) is 4.79 Å². The Balaban J connectivity index is 2.72. The fourth-order valence-corrected chi connectivity index (χ4v) is 1.08. The number of hydrogen-bond acceptors (Lipinski definition) is 3. The second-order valence-electron chi connectivity index (χ2n) is 2.17. The molecular weight excluding hydrogens is 234 g/mol. The van der Waals surface area contributed by atoms with E-state index in [9.17, 15) is 4.79 Å². The number of pyridine rings is 1. The van der Waals surface area contributed by atoms with Gasteiger partial charge in [0.15, 0.2) is 6.61 Å². The summed E-state index contributed by atoms with van der Waals surface area (Å²) < 4.78 is 5.42. The Labute approximate surface area is 84.3 Å². The number of carbonyl (C=O) groups is 1. The first-order chi connectivity index (χ1) is 6.24. The van der Waals surface area contributed by atoms with Crippen molar-refractivity contribution >= 4 is 21.9 Å². The van der Waals surface area contributed by atoms with E-state index in [1.54, 1.807) is 12.3 Å². The minimum atomic E-state index is -0.466. The van der Waals surface area contributed by atoms with Crippen LogP contribution in [0.2, 0.25) is 0 Å². The van der Waals surface area contributed by atoms with Crippen LogP contribution in [-0.2, 0) is 4.74 Å². The van der Waals surface area contributed by atoms with Gasteiger partial charge in [-0.2, -0.15) is 0 Å². The van der Waals surface area contributed by atoms with Crippen molar-refractivity contribution in [1.29, 1.82) is 0 Å². The predicted molar refractivity (Wildman–Crippen MR) is 51.1 cm³/mol. The zero-order chi connectivity index (χ0) is 9.68. The van der Waals surface area contributed by atoms with Crippen LogP contribution in [0.1, 0.15) is 10.4 Å². The summed E-state index contributed by atoms with van der Waals surface area (Å²) in [6.07, 6.45) is 7.93. The van der Waals surface area contributed by atoms with E-state index >= 15 is 0 Å². The van der Waals surface area contributed by atoms with Crippen LogP contribution in [0.15, 0.2) is 22.9 Å². The van der Waals surface area contributed by atoms with Crippen LogP contribution in [0, 0.1) is 12.3 Å². The van der Waals surface area contributed by atoms with Crippen molar-refractivity contribution in [2.45, 2.75) is 0 Å². The normalized spacial score (nSPS) is 8.92. The minimum absolute atomic E-state index is 0.0225. The van der Waals surface area contributed by atoms with Crippen LogP contribution in [0.3, 0.4) is 0 Å². The molecule has 3 nitrogen and oxygen atoms in total. The van der Waals surface area contributed by atoms with Crippen LogP contribution in [-0.4, -0.2) is 17.6 Å². The Kier molecular flexibility index (Phi) is 3.47. The Morgan fingerprint density at radius 2 is 2.46 bits per heavy atom. The number of terminal acetylenes is 1. The highest BCUT2D eigenvalue weighted by molar-refractivity contribution is 9.10. The number of rotatable bonds is 2. The fraction of sp³-hybridized carbons (Fsp3) is 0.111. The van der Waals surface area contributed by atoms with E-state index in [0.717, 1.165) is 4.47 Å². The van der Waals surface area contributed by atoms with Crippen LogP contribution in [0.25, 0.3) is 0 Å². The van der Waals surface area contributed by atoms with E-state index in [1.165, 1.54) is 6.20 Å². The number of halogens is 1. The first kappa shape index (κ1) is 9.75. The molecule has 0 fully saturated rings. The summed E-state index contributed by atoms with van der Waals surface area (Å²) in [7, 11) is 0. The summed E-state index contributed by atoms with van der Waals surface area (Å²) >= 11 is 3.19. The fourth-order valence-electron chi connectivity index (χ4n) is 0.714. The molecular formula is C9H6BrNO2. The monoisotopic (exact) mass is 239 g/mol. The van der Waals surface area contributed by atoms with Gasteiger partial charge in [-0.1, -0.05) is 5.92 Å². The molecule has 13 heavy (non-hydrogen) atoms. The van der Waals surface area contributed by atoms with Gasteiger partial charge in [0.2, 0.25) is 0 Å². The molecule has 0 aliphatic rings. The molecule has 0 amide bonds. The van der Waals surface area contributed by atoms with E-state index in [4.69, 9.17) is 11.2 Å². The van der Waals surface area contributed by atoms with Crippen LogP contribution in [0.5, 0.6) is 0 Å². The Bertz CT molecular complexity index is 357. The second-order valence-corrected chi connectivity index (χ2v) is 3.09. The molecule has 1 aromatic rings. The topological polar surface area (TPSA) is 39.2 Å². The summed E-state index contributed by atoms with van der Waals surface area (Å²) in [4.78, 5) is 15.0. The number of aromatic nitrogens is 1. The molecule has 0 bridgehead atoms. The van der Waals surface area contributed by atoms with Crippen molar-refractivity contribution in [1.82, 2.24) is 4.98 Å². The largest absolute Gasteiger partial charge is 0.449 e. The lowest BCUT2D eigenvalue weighted by atomic mass is 10.3. The molecule has 0 aromatic carbocycles. The molecule has 4 heteroatoms. The third-order valence-corrected chi connectivity index (χ3v) is 1.66. The predicted octanol–water partition coefficient (Wildman–Crippen LogP) is 1.63. The molecule has 0 saturated carbocycles. The van der Waals surface area contributed by atoms with Crippen molar-refractivity contribution in [3.8, 4) is 12.3 Å². The quantitative estimate of drug-likeness (QED) is 0.582. The maximum absolute atomic E-state index is 11.2. The van der Waals surface area contributed by atoms with E-state index < -0.39 is 5.97 Å². The van der Waals surface area contributed by atoms with E-state index in [2.05, 4.69) is 26.8 Å². The molecule has 0 saturated heterocycles. The molecule has 1 rings (SSSR count). The third kappa shape index (κ3) is 2.88. The smallest absolute Gasteiger partial charge is 0.340 e. The van der Waals surface area contributed by atoms with Gasteiger partial charge in [0.25, 0.3) is 0 Å². The number of nitrogens with zero attached hydrogens (tertiary/aromatic N) is 1. The summed E-state index contributed by atoms with van der Waals surface area (Å²) in [5, 5.41) is 0. The van der Waals surface area contributed by atoms with Crippen LogP contribution >= 0.6 is 15.9 Å². The zero-order valence-corrected chi connectivity index (χ0v) is 8.24. The molecule has 0 N–H and O–H groups in total. The van der Waals surface area contributed by atoms with Gasteiger partial charge in [0.1, 0.15) is 0 Å². The van der Waals surface area contributed by atoms with Gasteiger partial charge in [-0.15, -0.1) is 6.42 Å². The van der Waals surface area contributed by atoms with Gasteiger partial charge < -0.3 is 4.74 Å². The maximum atomic E-state index is 11.2. The molecule has 66 valence electrons. The molecule has 0 aliphatic heterocycles. The van der Waals surface area contributed by atoms with Crippen molar-refractivity contribution < 1.29 is 9.53 Å². The Morgan fingerprint density at radius 3 is 3.08 bits per heavy atom. The van der Waals surface area contributed by atoms with Crippen LogP contribution in [0.4, 0.5) is 0 Å². The summed E-state index contributed by atoms with van der Waals surface area (Å²) in [6, 6.07) is 1.62.